The molecule has 122 valence electrons. The van der Waals surface area contributed by atoms with Crippen LogP contribution >= 0.6 is 15.9 Å². The van der Waals surface area contributed by atoms with Crippen LogP contribution in [0.25, 0.3) is 0 Å². The van der Waals surface area contributed by atoms with Crippen molar-refractivity contribution in [1.82, 2.24) is 4.90 Å². The van der Waals surface area contributed by atoms with Crippen molar-refractivity contribution in [3.8, 4) is 5.75 Å². The number of likely N-dealkylation sites (N-methyl/N-ethyl adjacent to an activating group) is 1. The summed E-state index contributed by atoms with van der Waals surface area (Å²) in [4.78, 5) is 14.3. The molecule has 1 amide bonds. The summed E-state index contributed by atoms with van der Waals surface area (Å²) < 4.78 is 6.05. The summed E-state index contributed by atoms with van der Waals surface area (Å²) in [6, 6.07) is 5.60. The molecule has 0 aromatic heterocycles. The van der Waals surface area contributed by atoms with Crippen LogP contribution in [0.5, 0.6) is 5.75 Å². The lowest BCUT2D eigenvalue weighted by molar-refractivity contribution is -0.139. The number of hydrogen-bond donors (Lipinski definition) is 1. The maximum absolute atomic E-state index is 12.7. The first kappa shape index (κ1) is 17.3. The van der Waals surface area contributed by atoms with Gasteiger partial charge in [0.05, 0.1) is 23.1 Å². The molecule has 0 heterocycles. The van der Waals surface area contributed by atoms with Crippen LogP contribution in [0, 0.1) is 0 Å². The van der Waals surface area contributed by atoms with Crippen LogP contribution in [-0.2, 0) is 4.79 Å². The second kappa shape index (κ2) is 7.01. The molecule has 1 saturated carbocycles. The molecule has 1 N–H and O–H groups in total. The van der Waals surface area contributed by atoms with Gasteiger partial charge in [0.25, 0.3) is 0 Å². The Morgan fingerprint density at radius 1 is 1.32 bits per heavy atom. The highest BCUT2D eigenvalue weighted by atomic mass is 79.9. The minimum atomic E-state index is -0.965. The topological polar surface area (TPSA) is 49.8 Å². The van der Waals surface area contributed by atoms with E-state index in [1.54, 1.807) is 26.1 Å². The number of halogens is 1. The quantitative estimate of drug-likeness (QED) is 0.885. The molecule has 0 spiro atoms. The smallest absolute Gasteiger partial charge is 0.232 e. The van der Waals surface area contributed by atoms with Gasteiger partial charge in [-0.25, -0.2) is 0 Å². The number of hydrogen-bond acceptors (Lipinski definition) is 3. The van der Waals surface area contributed by atoms with Gasteiger partial charge >= 0.3 is 0 Å². The normalized spacial score (nSPS) is 18.6. The maximum atomic E-state index is 12.7. The number of amides is 1. The number of carbonyl (C=O) groups excluding carboxylic acids is 1. The molecule has 0 saturated heterocycles. The molecular weight excluding hydrogens is 346 g/mol. The number of nitrogens with zero attached hydrogens (tertiary/aromatic N) is 1. The average Bonchev–Trinajstić information content (AvgIpc) is 2.48. The van der Waals surface area contributed by atoms with Gasteiger partial charge in [-0.15, -0.1) is 0 Å². The Hall–Kier alpha value is -1.07. The van der Waals surface area contributed by atoms with Crippen LogP contribution in [0.2, 0.25) is 0 Å². The number of aliphatic hydroxyl groups is 1. The highest BCUT2D eigenvalue weighted by molar-refractivity contribution is 9.10. The molecule has 0 radical (unpaired) electrons. The van der Waals surface area contributed by atoms with E-state index >= 15 is 0 Å². The van der Waals surface area contributed by atoms with E-state index < -0.39 is 11.5 Å². The molecule has 4 nitrogen and oxygen atoms in total. The van der Waals surface area contributed by atoms with Crippen molar-refractivity contribution in [2.75, 3.05) is 21.2 Å². The van der Waals surface area contributed by atoms with Crippen molar-refractivity contribution < 1.29 is 14.6 Å². The summed E-state index contributed by atoms with van der Waals surface area (Å²) in [5.74, 6) is 0.127. The van der Waals surface area contributed by atoms with Crippen molar-refractivity contribution >= 4 is 21.8 Å². The molecule has 5 heteroatoms. The first-order valence-electron chi connectivity index (χ1n) is 7.66. The van der Waals surface area contributed by atoms with E-state index in [0.29, 0.717) is 12.8 Å². The zero-order valence-corrected chi connectivity index (χ0v) is 15.0. The van der Waals surface area contributed by atoms with E-state index in [2.05, 4.69) is 15.9 Å². The van der Waals surface area contributed by atoms with Gasteiger partial charge in [0, 0.05) is 14.1 Å². The molecule has 1 aromatic rings. The minimum absolute atomic E-state index is 0.0542. The van der Waals surface area contributed by atoms with E-state index in [1.165, 1.54) is 0 Å². The van der Waals surface area contributed by atoms with Gasteiger partial charge in [0.2, 0.25) is 5.91 Å². The lowest BCUT2D eigenvalue weighted by Crippen LogP contribution is -2.46. The Balaban J connectivity index is 2.44. The van der Waals surface area contributed by atoms with Crippen LogP contribution < -0.4 is 4.74 Å². The zero-order valence-electron chi connectivity index (χ0n) is 13.4. The van der Waals surface area contributed by atoms with Gasteiger partial charge in [-0.1, -0.05) is 25.3 Å². The number of methoxy groups -OCH3 is 1. The zero-order chi connectivity index (χ0) is 16.3. The SMILES string of the molecule is COc1ccc(C(C(=O)N(C)C)C2(O)CCCCC2)cc1Br. The second-order valence-electron chi connectivity index (χ2n) is 6.22. The number of ether oxygens (including phenoxy) is 1. The van der Waals surface area contributed by atoms with Gasteiger partial charge < -0.3 is 14.7 Å². The standard InChI is InChI=1S/C17H24BrNO3/c1-19(2)16(20)15(17(21)9-5-4-6-10-17)12-7-8-14(22-3)13(18)11-12/h7-8,11,15,21H,4-6,9-10H2,1-3H3. The highest BCUT2D eigenvalue weighted by Crippen LogP contribution is 2.42. The van der Waals surface area contributed by atoms with Crippen LogP contribution in [0.4, 0.5) is 0 Å². The molecule has 0 bridgehead atoms. The number of carbonyl (C=O) groups is 1. The summed E-state index contributed by atoms with van der Waals surface area (Å²) in [6.45, 7) is 0. The molecule has 1 aliphatic carbocycles. The van der Waals surface area contributed by atoms with Crippen LogP contribution in [0.3, 0.4) is 0 Å². The van der Waals surface area contributed by atoms with Gasteiger partial charge in [-0.3, -0.25) is 4.79 Å². The fraction of sp³-hybridized carbons (Fsp3) is 0.588. The lowest BCUT2D eigenvalue weighted by Gasteiger charge is -2.39. The second-order valence-corrected chi connectivity index (χ2v) is 7.08. The third-order valence-corrected chi connectivity index (χ3v) is 5.07. The lowest BCUT2D eigenvalue weighted by atomic mass is 9.72. The molecule has 1 fully saturated rings. The van der Waals surface area contributed by atoms with E-state index in [-0.39, 0.29) is 5.91 Å². The van der Waals surface area contributed by atoms with Gasteiger partial charge in [0.15, 0.2) is 0 Å². The maximum Gasteiger partial charge on any atom is 0.232 e. The Kier molecular flexibility index (Phi) is 5.50. The fourth-order valence-corrected chi connectivity index (χ4v) is 3.81. The Labute approximate surface area is 140 Å². The molecule has 1 unspecified atom stereocenters. The summed E-state index contributed by atoms with van der Waals surface area (Å²) in [7, 11) is 5.08. The van der Waals surface area contributed by atoms with Crippen molar-refractivity contribution in [3.05, 3.63) is 28.2 Å². The molecule has 1 aromatic carbocycles. The first-order valence-corrected chi connectivity index (χ1v) is 8.45. The van der Waals surface area contributed by atoms with E-state index in [1.807, 2.05) is 18.2 Å². The fourth-order valence-electron chi connectivity index (χ4n) is 3.26. The van der Waals surface area contributed by atoms with Crippen LogP contribution in [0.15, 0.2) is 22.7 Å². The van der Waals surface area contributed by atoms with E-state index in [4.69, 9.17) is 4.74 Å². The van der Waals surface area contributed by atoms with Crippen molar-refractivity contribution in [1.29, 1.82) is 0 Å². The predicted octanol–water partition coefficient (Wildman–Crippen LogP) is 3.32. The molecule has 22 heavy (non-hydrogen) atoms. The summed E-state index contributed by atoms with van der Waals surface area (Å²) in [6.07, 6.45) is 4.38. The average molecular weight is 370 g/mol. The minimum Gasteiger partial charge on any atom is -0.496 e. The molecule has 2 rings (SSSR count). The van der Waals surface area contributed by atoms with E-state index in [9.17, 15) is 9.90 Å². The van der Waals surface area contributed by atoms with Crippen molar-refractivity contribution in [2.45, 2.75) is 43.6 Å². The molecular formula is C17H24BrNO3. The van der Waals surface area contributed by atoms with E-state index in [0.717, 1.165) is 35.0 Å². The van der Waals surface area contributed by atoms with Gasteiger partial charge in [-0.05, 0) is 46.5 Å². The van der Waals surface area contributed by atoms with Gasteiger partial charge in [0.1, 0.15) is 5.75 Å². The summed E-state index contributed by atoms with van der Waals surface area (Å²) in [5.41, 5.74) is -0.135. The Bertz CT molecular complexity index is 539. The third kappa shape index (κ3) is 3.46. The molecule has 0 aliphatic heterocycles. The predicted molar refractivity (Wildman–Crippen MR) is 90.2 cm³/mol. The Morgan fingerprint density at radius 2 is 1.95 bits per heavy atom. The van der Waals surface area contributed by atoms with Crippen LogP contribution in [-0.4, -0.2) is 42.7 Å². The number of benzene rings is 1. The highest BCUT2D eigenvalue weighted by Gasteiger charge is 2.43. The van der Waals surface area contributed by atoms with Crippen molar-refractivity contribution in [3.63, 3.8) is 0 Å². The summed E-state index contributed by atoms with van der Waals surface area (Å²) in [5, 5.41) is 11.1. The van der Waals surface area contributed by atoms with Gasteiger partial charge in [-0.2, -0.15) is 0 Å². The largest absolute Gasteiger partial charge is 0.496 e. The number of rotatable bonds is 4. The monoisotopic (exact) mass is 369 g/mol. The molecule has 1 aliphatic rings. The first-order chi connectivity index (χ1) is 10.4. The summed E-state index contributed by atoms with van der Waals surface area (Å²) >= 11 is 3.47. The van der Waals surface area contributed by atoms with Crippen molar-refractivity contribution in [2.24, 2.45) is 0 Å². The third-order valence-electron chi connectivity index (χ3n) is 4.45. The Morgan fingerprint density at radius 3 is 2.45 bits per heavy atom. The molecule has 1 atom stereocenters. The van der Waals surface area contributed by atoms with Crippen LogP contribution in [0.1, 0.15) is 43.6 Å².